The second-order valence-corrected chi connectivity index (χ2v) is 2.95. The molecule has 0 aromatic heterocycles. The van der Waals surface area contributed by atoms with E-state index in [1.807, 2.05) is 0 Å². The normalized spacial score (nSPS) is 5.77. The van der Waals surface area contributed by atoms with Crippen molar-refractivity contribution in [2.75, 3.05) is 0 Å². The Bertz CT molecular complexity index is 267. The molecular weight excluding hydrogens is 544 g/mol. The number of carboxylic acid groups (broad SMARTS) is 6. The Kier molecular flexibility index (Phi) is 83.1. The predicted molar refractivity (Wildman–Crippen MR) is 64.1 cm³/mol. The number of carbonyl (C=O) groups is 6. The average molecular weight is 562 g/mol. The van der Waals surface area contributed by atoms with Crippen LogP contribution in [-0.2, 0) is 68.7 Å². The number of aliphatic carboxylic acids is 6. The van der Waals surface area contributed by atoms with Crippen LogP contribution in [0.3, 0.4) is 0 Å². The Morgan fingerprint density at radius 1 is 0.385 bits per heavy atom. The van der Waals surface area contributed by atoms with Crippen molar-refractivity contribution in [1.82, 2.24) is 0 Å². The summed E-state index contributed by atoms with van der Waals surface area (Å²) >= 11 is 0. The molecule has 0 fully saturated rings. The molecule has 0 N–H and O–H groups in total. The van der Waals surface area contributed by atoms with Crippen LogP contribution in [0.15, 0.2) is 0 Å². The van der Waals surface area contributed by atoms with Gasteiger partial charge in [-0.2, -0.15) is 0 Å². The molecule has 0 aliphatic rings. The van der Waals surface area contributed by atoms with Gasteiger partial charge in [-0.3, -0.25) is 0 Å². The first-order chi connectivity index (χ1) is 10.4. The fourth-order valence-corrected chi connectivity index (χ4v) is 0. The van der Waals surface area contributed by atoms with Crippen LogP contribution in [0.25, 0.3) is 0 Å². The van der Waals surface area contributed by atoms with E-state index in [0.29, 0.717) is 0 Å². The van der Waals surface area contributed by atoms with Gasteiger partial charge >= 0.3 is 39.9 Å². The maximum absolute atomic E-state index is 8.89. The number of carbonyl (C=O) groups excluding carboxylic acids is 6. The summed E-state index contributed by atoms with van der Waals surface area (Å²) in [7, 11) is 0. The molecule has 0 saturated carbocycles. The molecule has 0 saturated heterocycles. The fourth-order valence-electron chi connectivity index (χ4n) is 0. The maximum Gasteiger partial charge on any atom is 4.00 e. The molecule has 0 aliphatic carbocycles. The van der Waals surface area contributed by atoms with E-state index in [0.717, 1.165) is 41.5 Å². The van der Waals surface area contributed by atoms with E-state index in [9.17, 15) is 0 Å². The largest absolute Gasteiger partial charge is 4.00 e. The standard InChI is InChI=1S/6C2H4O2.Pd.Ru/c6*1-2(3)4;;/h6*1H3,(H,3,4);;/q;;;;;;+2;+4/p-6. The minimum atomic E-state index is -1.08. The first-order valence-corrected chi connectivity index (χ1v) is 5.45. The van der Waals surface area contributed by atoms with Crippen molar-refractivity contribution < 1.29 is 99.3 Å². The number of hydrogen-bond acceptors (Lipinski definition) is 12. The van der Waals surface area contributed by atoms with Gasteiger partial charge < -0.3 is 59.4 Å². The van der Waals surface area contributed by atoms with Gasteiger partial charge in [0.05, 0.1) is 0 Å². The topological polar surface area (TPSA) is 241 Å². The molecule has 0 aromatic rings. The van der Waals surface area contributed by atoms with E-state index in [1.54, 1.807) is 0 Å². The van der Waals surface area contributed by atoms with Crippen molar-refractivity contribution >= 4 is 35.8 Å². The summed E-state index contributed by atoms with van der Waals surface area (Å²) in [5.41, 5.74) is 0. The molecule has 0 amide bonds. The molecule has 0 heterocycles. The second-order valence-electron chi connectivity index (χ2n) is 2.95. The van der Waals surface area contributed by atoms with Crippen molar-refractivity contribution in [2.45, 2.75) is 41.5 Å². The van der Waals surface area contributed by atoms with Crippen LogP contribution in [0.5, 0.6) is 0 Å². The van der Waals surface area contributed by atoms with Gasteiger partial charge in [0.1, 0.15) is 0 Å². The summed E-state index contributed by atoms with van der Waals surface area (Å²) in [6.45, 7) is 5.83. The monoisotopic (exact) mass is 562 g/mol. The molecule has 156 valence electrons. The summed E-state index contributed by atoms with van der Waals surface area (Å²) in [6.07, 6.45) is 0. The first kappa shape index (κ1) is 49.6. The van der Waals surface area contributed by atoms with Crippen LogP contribution in [-0.4, -0.2) is 35.8 Å². The van der Waals surface area contributed by atoms with Crippen LogP contribution in [0.4, 0.5) is 0 Å². The zero-order valence-electron chi connectivity index (χ0n) is 14.6. The SMILES string of the molecule is CC(=O)[O-].CC(=O)[O-].CC(=O)[O-].CC(=O)[O-].CC(=O)[O-].CC(=O)[O-].[Pd+2].[Ru+4]. The second kappa shape index (κ2) is 43.5. The van der Waals surface area contributed by atoms with Crippen LogP contribution < -0.4 is 30.6 Å². The van der Waals surface area contributed by atoms with Crippen LogP contribution in [0.2, 0.25) is 0 Å². The summed E-state index contributed by atoms with van der Waals surface area (Å²) in [5.74, 6) is -6.50. The van der Waals surface area contributed by atoms with E-state index in [1.165, 1.54) is 0 Å². The molecule has 0 atom stereocenters. The Morgan fingerprint density at radius 2 is 0.385 bits per heavy atom. The average Bonchev–Trinajstić information content (AvgIpc) is 2.08. The van der Waals surface area contributed by atoms with E-state index in [2.05, 4.69) is 0 Å². The molecule has 0 spiro atoms. The van der Waals surface area contributed by atoms with Gasteiger partial charge in [0.15, 0.2) is 0 Å². The van der Waals surface area contributed by atoms with Crippen molar-refractivity contribution in [1.29, 1.82) is 0 Å². The van der Waals surface area contributed by atoms with Crippen molar-refractivity contribution in [3.8, 4) is 0 Å². The zero-order valence-corrected chi connectivity index (χ0v) is 17.9. The quantitative estimate of drug-likeness (QED) is 0.250. The smallest absolute Gasteiger partial charge is 0.550 e. The fraction of sp³-hybridized carbons (Fsp3) is 0.500. The molecule has 0 bridgehead atoms. The third-order valence-corrected chi connectivity index (χ3v) is 0. The van der Waals surface area contributed by atoms with Gasteiger partial charge in [-0.1, -0.05) is 0 Å². The summed E-state index contributed by atoms with van der Waals surface area (Å²) < 4.78 is 0. The van der Waals surface area contributed by atoms with Crippen LogP contribution in [0.1, 0.15) is 41.5 Å². The zero-order chi connectivity index (χ0) is 21.5. The summed E-state index contributed by atoms with van der Waals surface area (Å²) in [6, 6.07) is 0. The van der Waals surface area contributed by atoms with Gasteiger partial charge in [-0.15, -0.1) is 0 Å². The van der Waals surface area contributed by atoms with Crippen LogP contribution in [0, 0.1) is 0 Å². The molecule has 0 aromatic carbocycles. The molecule has 0 aliphatic heterocycles. The van der Waals surface area contributed by atoms with E-state index >= 15 is 0 Å². The molecule has 0 rings (SSSR count). The summed E-state index contributed by atoms with van der Waals surface area (Å²) in [4.78, 5) is 53.3. The molecule has 12 nitrogen and oxygen atoms in total. The minimum absolute atomic E-state index is 0. The number of rotatable bonds is 0. The first-order valence-electron chi connectivity index (χ1n) is 5.45. The van der Waals surface area contributed by atoms with Gasteiger partial charge in [-0.25, -0.2) is 0 Å². The van der Waals surface area contributed by atoms with Crippen molar-refractivity contribution in [3.63, 3.8) is 0 Å². The van der Waals surface area contributed by atoms with E-state index in [4.69, 9.17) is 59.4 Å². The molecule has 0 radical (unpaired) electrons. The minimum Gasteiger partial charge on any atom is -0.550 e. The molecule has 14 heteroatoms. The maximum atomic E-state index is 8.89. The summed E-state index contributed by atoms with van der Waals surface area (Å²) in [5, 5.41) is 53.3. The van der Waals surface area contributed by atoms with Gasteiger partial charge in [0.25, 0.3) is 0 Å². The molecular formula is C12H18O12PdRu. The van der Waals surface area contributed by atoms with Crippen LogP contribution >= 0.6 is 0 Å². The van der Waals surface area contributed by atoms with Crippen molar-refractivity contribution in [3.05, 3.63) is 0 Å². The van der Waals surface area contributed by atoms with E-state index < -0.39 is 35.8 Å². The van der Waals surface area contributed by atoms with Gasteiger partial charge in [0.2, 0.25) is 0 Å². The third-order valence-electron chi connectivity index (χ3n) is 0. The Morgan fingerprint density at radius 3 is 0.385 bits per heavy atom. The third kappa shape index (κ3) is 2740. The van der Waals surface area contributed by atoms with Gasteiger partial charge in [0, 0.05) is 35.8 Å². The van der Waals surface area contributed by atoms with Crippen molar-refractivity contribution in [2.24, 2.45) is 0 Å². The molecule has 0 unspecified atom stereocenters. The molecule has 26 heavy (non-hydrogen) atoms. The van der Waals surface area contributed by atoms with Gasteiger partial charge in [-0.05, 0) is 41.5 Å². The number of hydrogen-bond donors (Lipinski definition) is 0. The Hall–Kier alpha value is -1.89. The Labute approximate surface area is 176 Å². The number of carboxylic acids is 6. The predicted octanol–water partition coefficient (Wildman–Crippen LogP) is -7.47. The Balaban J connectivity index is -0.0000000245. The van der Waals surface area contributed by atoms with E-state index in [-0.39, 0.29) is 39.9 Å².